The van der Waals surface area contributed by atoms with E-state index in [4.69, 9.17) is 21.1 Å². The van der Waals surface area contributed by atoms with E-state index in [-0.39, 0.29) is 0 Å². The summed E-state index contributed by atoms with van der Waals surface area (Å²) in [4.78, 5) is 0. The Labute approximate surface area is 125 Å². The molecule has 0 radical (unpaired) electrons. The highest BCUT2D eigenvalue weighted by atomic mass is 35.5. The molecule has 2 rings (SSSR count). The Hall–Kier alpha value is -1.37. The SMILES string of the molecule is CC#CCCOc1c(CNC2CC2)cc(Cl)cc1OC. The number of halogens is 1. The van der Waals surface area contributed by atoms with E-state index in [1.54, 1.807) is 13.2 Å². The van der Waals surface area contributed by atoms with E-state index in [0.29, 0.717) is 29.8 Å². The Morgan fingerprint density at radius 2 is 2.20 bits per heavy atom. The Balaban J connectivity index is 2.11. The smallest absolute Gasteiger partial charge is 0.165 e. The molecule has 0 atom stereocenters. The fraction of sp³-hybridized carbons (Fsp3) is 0.500. The van der Waals surface area contributed by atoms with Crippen molar-refractivity contribution in [3.8, 4) is 23.3 Å². The first-order valence-electron chi connectivity index (χ1n) is 6.86. The average Bonchev–Trinajstić information content (AvgIpc) is 3.26. The zero-order valence-corrected chi connectivity index (χ0v) is 12.7. The summed E-state index contributed by atoms with van der Waals surface area (Å²) >= 11 is 6.13. The first-order valence-corrected chi connectivity index (χ1v) is 7.24. The molecule has 1 saturated carbocycles. The standard InChI is InChI=1S/C16H20ClNO2/c1-3-4-5-8-20-16-12(11-18-14-6-7-14)9-13(17)10-15(16)19-2/h9-10,14,18H,5-8,11H2,1-2H3. The molecule has 3 nitrogen and oxygen atoms in total. The van der Waals surface area contributed by atoms with Crippen molar-refractivity contribution >= 4 is 11.6 Å². The molecule has 0 unspecified atom stereocenters. The van der Waals surface area contributed by atoms with Gasteiger partial charge in [0.15, 0.2) is 11.5 Å². The highest BCUT2D eigenvalue weighted by Gasteiger charge is 2.21. The van der Waals surface area contributed by atoms with Crippen LogP contribution in [0.25, 0.3) is 0 Å². The largest absolute Gasteiger partial charge is 0.493 e. The molecular weight excluding hydrogens is 274 g/mol. The normalized spacial score (nSPS) is 13.6. The molecule has 0 aromatic heterocycles. The Bertz CT molecular complexity index is 515. The maximum absolute atomic E-state index is 6.13. The van der Waals surface area contributed by atoms with Gasteiger partial charge in [-0.05, 0) is 25.8 Å². The third-order valence-corrected chi connectivity index (χ3v) is 3.34. The summed E-state index contributed by atoms with van der Waals surface area (Å²) in [6, 6.07) is 4.35. The second kappa shape index (κ2) is 7.42. The molecule has 1 aliphatic carbocycles. The second-order valence-corrected chi connectivity index (χ2v) is 5.21. The molecule has 1 fully saturated rings. The van der Waals surface area contributed by atoms with Crippen molar-refractivity contribution in [3.05, 3.63) is 22.7 Å². The number of nitrogens with one attached hydrogen (secondary N) is 1. The van der Waals surface area contributed by atoms with Crippen LogP contribution in [0.2, 0.25) is 5.02 Å². The van der Waals surface area contributed by atoms with Gasteiger partial charge in [-0.25, -0.2) is 0 Å². The van der Waals surface area contributed by atoms with Crippen LogP contribution in [0.15, 0.2) is 12.1 Å². The minimum atomic E-state index is 0.551. The van der Waals surface area contributed by atoms with Gasteiger partial charge >= 0.3 is 0 Å². The van der Waals surface area contributed by atoms with E-state index in [1.165, 1.54) is 12.8 Å². The molecule has 20 heavy (non-hydrogen) atoms. The van der Waals surface area contributed by atoms with E-state index < -0.39 is 0 Å². The highest BCUT2D eigenvalue weighted by molar-refractivity contribution is 6.30. The third-order valence-electron chi connectivity index (χ3n) is 3.13. The van der Waals surface area contributed by atoms with Gasteiger partial charge in [-0.2, -0.15) is 0 Å². The lowest BCUT2D eigenvalue weighted by Crippen LogP contribution is -2.16. The second-order valence-electron chi connectivity index (χ2n) is 4.78. The van der Waals surface area contributed by atoms with Gasteiger partial charge in [-0.1, -0.05) is 11.6 Å². The molecule has 0 spiro atoms. The maximum atomic E-state index is 6.13. The van der Waals surface area contributed by atoms with Crippen LogP contribution < -0.4 is 14.8 Å². The van der Waals surface area contributed by atoms with E-state index in [1.807, 2.05) is 13.0 Å². The fourth-order valence-electron chi connectivity index (χ4n) is 1.94. The van der Waals surface area contributed by atoms with Gasteiger partial charge in [0.25, 0.3) is 0 Å². The summed E-state index contributed by atoms with van der Waals surface area (Å²) in [7, 11) is 1.63. The summed E-state index contributed by atoms with van der Waals surface area (Å²) in [6.45, 7) is 3.12. The molecule has 4 heteroatoms. The van der Waals surface area contributed by atoms with Crippen molar-refractivity contribution in [2.45, 2.75) is 38.8 Å². The molecule has 1 aliphatic rings. The van der Waals surface area contributed by atoms with E-state index in [9.17, 15) is 0 Å². The van der Waals surface area contributed by atoms with Gasteiger partial charge < -0.3 is 14.8 Å². The van der Waals surface area contributed by atoms with Crippen molar-refractivity contribution in [3.63, 3.8) is 0 Å². The van der Waals surface area contributed by atoms with Crippen molar-refractivity contribution < 1.29 is 9.47 Å². The van der Waals surface area contributed by atoms with Gasteiger partial charge in [0.1, 0.15) is 0 Å². The summed E-state index contributed by atoms with van der Waals surface area (Å²) < 4.78 is 11.2. The number of hydrogen-bond acceptors (Lipinski definition) is 3. The summed E-state index contributed by atoms with van der Waals surface area (Å²) in [5.41, 5.74) is 1.03. The lowest BCUT2D eigenvalue weighted by atomic mass is 10.1. The number of ether oxygens (including phenoxy) is 2. The van der Waals surface area contributed by atoms with Crippen LogP contribution in [0.3, 0.4) is 0 Å². The fourth-order valence-corrected chi connectivity index (χ4v) is 2.17. The van der Waals surface area contributed by atoms with Gasteiger partial charge in [0, 0.05) is 35.7 Å². The van der Waals surface area contributed by atoms with E-state index in [0.717, 1.165) is 17.9 Å². The minimum absolute atomic E-state index is 0.551. The zero-order chi connectivity index (χ0) is 14.4. The molecule has 0 bridgehead atoms. The lowest BCUT2D eigenvalue weighted by molar-refractivity contribution is 0.297. The van der Waals surface area contributed by atoms with Crippen LogP contribution in [0, 0.1) is 11.8 Å². The van der Waals surface area contributed by atoms with E-state index in [2.05, 4.69) is 17.2 Å². The number of methoxy groups -OCH3 is 1. The van der Waals surface area contributed by atoms with Crippen molar-refractivity contribution in [2.24, 2.45) is 0 Å². The summed E-state index contributed by atoms with van der Waals surface area (Å²) in [6.07, 6.45) is 3.21. The minimum Gasteiger partial charge on any atom is -0.493 e. The Morgan fingerprint density at radius 1 is 1.40 bits per heavy atom. The van der Waals surface area contributed by atoms with Crippen molar-refractivity contribution in [1.29, 1.82) is 0 Å². The lowest BCUT2D eigenvalue weighted by Gasteiger charge is -2.15. The topological polar surface area (TPSA) is 30.5 Å². The predicted octanol–water partition coefficient (Wildman–Crippen LogP) is 3.39. The first kappa shape index (κ1) is 15.0. The highest BCUT2D eigenvalue weighted by Crippen LogP contribution is 2.35. The third kappa shape index (κ3) is 4.33. The first-order chi connectivity index (χ1) is 9.74. The van der Waals surface area contributed by atoms with Crippen LogP contribution in [0.4, 0.5) is 0 Å². The molecule has 108 valence electrons. The predicted molar refractivity (Wildman–Crippen MR) is 81.4 cm³/mol. The molecular formula is C16H20ClNO2. The maximum Gasteiger partial charge on any atom is 0.165 e. The van der Waals surface area contributed by atoms with Gasteiger partial charge in [0.2, 0.25) is 0 Å². The zero-order valence-electron chi connectivity index (χ0n) is 12.0. The number of benzene rings is 1. The number of rotatable bonds is 7. The summed E-state index contributed by atoms with van der Waals surface area (Å²) in [5.74, 6) is 7.29. The molecule has 1 aromatic rings. The quantitative estimate of drug-likeness (QED) is 0.617. The van der Waals surface area contributed by atoms with Crippen LogP contribution >= 0.6 is 11.6 Å². The molecule has 1 N–H and O–H groups in total. The Morgan fingerprint density at radius 3 is 2.85 bits per heavy atom. The van der Waals surface area contributed by atoms with Crippen molar-refractivity contribution in [1.82, 2.24) is 5.32 Å². The summed E-state index contributed by atoms with van der Waals surface area (Å²) in [5, 5.41) is 4.13. The molecule has 0 amide bonds. The Kier molecular flexibility index (Phi) is 5.58. The monoisotopic (exact) mass is 293 g/mol. The van der Waals surface area contributed by atoms with Crippen LogP contribution in [0.5, 0.6) is 11.5 Å². The average molecular weight is 294 g/mol. The molecule has 0 heterocycles. The molecule has 1 aromatic carbocycles. The van der Waals surface area contributed by atoms with Crippen molar-refractivity contribution in [2.75, 3.05) is 13.7 Å². The molecule has 0 aliphatic heterocycles. The van der Waals surface area contributed by atoms with Crippen LogP contribution in [-0.2, 0) is 6.54 Å². The van der Waals surface area contributed by atoms with Crippen LogP contribution in [-0.4, -0.2) is 19.8 Å². The van der Waals surface area contributed by atoms with Gasteiger partial charge in [-0.3, -0.25) is 0 Å². The number of hydrogen-bond donors (Lipinski definition) is 1. The van der Waals surface area contributed by atoms with Crippen LogP contribution in [0.1, 0.15) is 31.7 Å². The van der Waals surface area contributed by atoms with E-state index >= 15 is 0 Å². The molecule has 0 saturated heterocycles. The van der Waals surface area contributed by atoms with Gasteiger partial charge in [0.05, 0.1) is 13.7 Å². The van der Waals surface area contributed by atoms with Gasteiger partial charge in [-0.15, -0.1) is 11.8 Å².